The van der Waals surface area contributed by atoms with Gasteiger partial charge in [-0.2, -0.15) is 0 Å². The summed E-state index contributed by atoms with van der Waals surface area (Å²) in [6, 6.07) is 90.3. The highest BCUT2D eigenvalue weighted by Crippen LogP contribution is 2.39. The van der Waals surface area contributed by atoms with Crippen LogP contribution in [0, 0.1) is 5.92 Å². The molecule has 13 aromatic rings. The number of carbonyl (C=O) groups excluding carboxylic acids is 6. The highest BCUT2D eigenvalue weighted by Gasteiger charge is 2.21. The number of fused-ring (bicyclic) bond motifs is 6. The van der Waals surface area contributed by atoms with Crippen molar-refractivity contribution in [2.45, 2.75) is 80.3 Å². The van der Waals surface area contributed by atoms with Crippen LogP contribution in [0.5, 0.6) is 69.0 Å². The highest BCUT2D eigenvalue weighted by atomic mass is 16.7. The number of hydrogen-bond donors (Lipinski definition) is 6. The molecule has 25 nitrogen and oxygen atoms in total. The second-order valence-corrected chi connectivity index (χ2v) is 33.4. The van der Waals surface area contributed by atoms with E-state index in [0.717, 1.165) is 171 Å². The predicted molar refractivity (Wildman–Crippen MR) is 552 cm³/mol. The Bertz CT molecular complexity index is 6650. The lowest BCUT2D eigenvalue weighted by molar-refractivity contribution is -0.119. The van der Waals surface area contributed by atoms with Gasteiger partial charge in [0, 0.05) is 65.4 Å². The van der Waals surface area contributed by atoms with Crippen LogP contribution in [0.25, 0.3) is 72.9 Å². The third-order valence-corrected chi connectivity index (χ3v) is 21.1. The van der Waals surface area contributed by atoms with Gasteiger partial charge in [-0.25, -0.2) is 4.79 Å². The second kappa shape index (κ2) is 49.1. The smallest absolute Gasteiger partial charge is 0.412 e. The maximum atomic E-state index is 12.2. The topological polar surface area (TPSA) is 295 Å². The van der Waals surface area contributed by atoms with Gasteiger partial charge in [-0.1, -0.05) is 228 Å². The summed E-state index contributed by atoms with van der Waals surface area (Å²) >= 11 is 0. The molecule has 0 saturated heterocycles. The highest BCUT2D eigenvalue weighted by molar-refractivity contribution is 6.04. The van der Waals surface area contributed by atoms with Crippen molar-refractivity contribution < 1.29 is 90.3 Å². The zero-order valence-corrected chi connectivity index (χ0v) is 78.8. The molecule has 13 aromatic carbocycles. The number of carbonyl (C=O) groups is 6. The van der Waals surface area contributed by atoms with Crippen molar-refractivity contribution in [2.75, 3.05) is 72.7 Å². The van der Waals surface area contributed by atoms with E-state index in [1.807, 2.05) is 394 Å². The summed E-state index contributed by atoms with van der Waals surface area (Å²) in [4.78, 5) is 69.4. The van der Waals surface area contributed by atoms with Crippen LogP contribution in [0.2, 0.25) is 0 Å². The first-order valence-corrected chi connectivity index (χ1v) is 45.6. The van der Waals surface area contributed by atoms with E-state index < -0.39 is 11.7 Å². The Morgan fingerprint density at radius 2 is 0.521 bits per heavy atom. The Balaban J connectivity index is 0.000000134. The molecule has 6 N–H and O–H groups in total. The summed E-state index contributed by atoms with van der Waals surface area (Å²) in [5.74, 6) is 9.21. The minimum absolute atomic E-state index is 0.0173. The molecule has 6 aliphatic heterocycles. The third-order valence-electron chi connectivity index (χ3n) is 21.1. The SMILES string of the molecule is CC(=O)Nc1ccc(/C=C/c2ccc3c(c2)OCO3)cc1.CC(C)(C)OC(=O)Nc1ccc(/C=C/c2ccc3c(c2)OCO3)cc1.CC(C)C(=O)Nc1ccc(/C=C/c2ccc3c(c2)OCO3)cc1.CCC(=O)Nc1ccc(/C=C/c2ccc3c(c2)OCO3)cc1.CCCC(=O)Nc1ccc(/C=C/c2ccc3c(c2)OCO3)cc1.O=C(Nc1ccc(/C=C/c2ccc3c(c2)OCO3)cc1)c1ccccc1. The van der Waals surface area contributed by atoms with Gasteiger partial charge in [0.15, 0.2) is 69.0 Å². The molecule has 712 valence electrons. The molecule has 140 heavy (non-hydrogen) atoms. The zero-order chi connectivity index (χ0) is 98.0. The summed E-state index contributed by atoms with van der Waals surface area (Å²) in [6.07, 6.45) is 25.6. The van der Waals surface area contributed by atoms with Gasteiger partial charge >= 0.3 is 6.09 Å². The molecule has 0 saturated carbocycles. The van der Waals surface area contributed by atoms with Gasteiger partial charge in [0.25, 0.3) is 5.91 Å². The number of benzene rings is 13. The van der Waals surface area contributed by atoms with Gasteiger partial charge < -0.3 is 88.2 Å². The van der Waals surface area contributed by atoms with Crippen LogP contribution in [0.4, 0.5) is 38.9 Å². The molecular weight excluding hydrogens is 1770 g/mol. The van der Waals surface area contributed by atoms with Crippen LogP contribution in [0.3, 0.4) is 0 Å². The van der Waals surface area contributed by atoms with Gasteiger partial charge in [0.2, 0.25) is 64.4 Å². The lowest BCUT2D eigenvalue weighted by atomic mass is 10.1. The van der Waals surface area contributed by atoms with E-state index in [-0.39, 0.29) is 76.2 Å². The van der Waals surface area contributed by atoms with Crippen molar-refractivity contribution in [3.05, 3.63) is 357 Å². The van der Waals surface area contributed by atoms with E-state index in [2.05, 4.69) is 31.9 Å². The predicted octanol–water partition coefficient (Wildman–Crippen LogP) is 25.8. The number of hydrogen-bond acceptors (Lipinski definition) is 19. The Kier molecular flexibility index (Phi) is 34.6. The van der Waals surface area contributed by atoms with Gasteiger partial charge in [-0.3, -0.25) is 29.3 Å². The summed E-state index contributed by atoms with van der Waals surface area (Å²) < 4.78 is 69.2. The van der Waals surface area contributed by atoms with Gasteiger partial charge in [0.1, 0.15) is 5.60 Å². The average molecular weight is 1880 g/mol. The maximum Gasteiger partial charge on any atom is 0.412 e. The molecule has 0 fully saturated rings. The van der Waals surface area contributed by atoms with Gasteiger partial charge in [-0.15, -0.1) is 0 Å². The molecule has 0 radical (unpaired) electrons. The van der Waals surface area contributed by atoms with Crippen molar-refractivity contribution in [3.63, 3.8) is 0 Å². The molecule has 6 amide bonds. The van der Waals surface area contributed by atoms with Crippen LogP contribution in [0.1, 0.15) is 152 Å². The lowest BCUT2D eigenvalue weighted by Gasteiger charge is -2.19. The van der Waals surface area contributed by atoms with Crippen LogP contribution in [-0.2, 0) is 23.9 Å². The van der Waals surface area contributed by atoms with E-state index in [0.29, 0.717) is 24.1 Å². The molecular formula is C115H108N6O19. The van der Waals surface area contributed by atoms with E-state index in [1.165, 1.54) is 6.92 Å². The standard InChI is InChI=1S/C22H17NO3.C20H21NO4.2C19H19NO3.C18H17NO3.C17H15NO3/c24-22(18-4-2-1-3-5-18)23-19-11-8-16(9-12-19)6-7-17-10-13-20-21(14-17)26-15-25-20;1-20(2,3)25-19(22)21-16-9-6-14(7-10-16)4-5-15-8-11-17-18(12-15)24-13-23-17;1-13(2)19(21)20-16-8-5-14(6-9-16)3-4-15-7-10-17-18(11-15)23-12-22-17;1-2-3-19(21)20-16-9-6-14(7-10-16)4-5-15-8-11-17-18(12-15)23-13-22-17;1-2-18(20)19-15-8-5-13(6-9-15)3-4-14-7-10-16-17(11-14)22-12-21-16;1-12(19)18-15-7-4-13(5-8-15)2-3-14-6-9-16-17(10-14)21-11-20-16/h1-14H,15H2,(H,23,24);4-12H,13H2,1-3H3,(H,21,22);3-11,13H,12H2,1-2H3,(H,20,21);4-12H,2-3,13H2,1H3,(H,20,21);3-11H,2,12H2,1H3,(H,19,20);2-10H,11H2,1H3,(H,18,19)/b7-6+;5-4+;4-3+;5-4+;4-3+;3-2+. The van der Waals surface area contributed by atoms with Crippen molar-refractivity contribution in [3.8, 4) is 69.0 Å². The normalized spacial score (nSPS) is 12.7. The Morgan fingerprint density at radius 1 is 0.286 bits per heavy atom. The third kappa shape index (κ3) is 30.8. The minimum Gasteiger partial charge on any atom is -0.454 e. The Morgan fingerprint density at radius 3 is 0.779 bits per heavy atom. The summed E-state index contributed by atoms with van der Waals surface area (Å²) in [7, 11) is 0. The molecule has 0 spiro atoms. The van der Waals surface area contributed by atoms with Crippen molar-refractivity contribution >= 4 is 143 Å². The van der Waals surface area contributed by atoms with Crippen molar-refractivity contribution in [2.24, 2.45) is 5.92 Å². The molecule has 0 unspecified atom stereocenters. The summed E-state index contributed by atoms with van der Waals surface area (Å²) in [5, 5.41) is 16.9. The zero-order valence-electron chi connectivity index (χ0n) is 78.8. The summed E-state index contributed by atoms with van der Waals surface area (Å²) in [5.41, 5.74) is 17.4. The molecule has 0 aromatic heterocycles. The first-order chi connectivity index (χ1) is 68.0. The number of rotatable bonds is 23. The fourth-order valence-electron chi connectivity index (χ4n) is 13.7. The van der Waals surface area contributed by atoms with E-state index in [4.69, 9.17) is 61.6 Å². The largest absolute Gasteiger partial charge is 0.454 e. The van der Waals surface area contributed by atoms with Crippen LogP contribution >= 0.6 is 0 Å². The molecule has 19 rings (SSSR count). The van der Waals surface area contributed by atoms with Crippen LogP contribution < -0.4 is 88.7 Å². The Labute approximate surface area is 813 Å². The number of anilines is 6. The van der Waals surface area contributed by atoms with E-state index >= 15 is 0 Å². The quantitative estimate of drug-likeness (QED) is 0.0324. The molecule has 0 bridgehead atoms. The van der Waals surface area contributed by atoms with Crippen LogP contribution in [-0.4, -0.2) is 82.0 Å². The number of ether oxygens (including phenoxy) is 13. The molecule has 0 atom stereocenters. The number of nitrogens with one attached hydrogen (secondary N) is 6. The van der Waals surface area contributed by atoms with Gasteiger partial charge in [0.05, 0.1) is 0 Å². The Hall–Kier alpha value is -17.5. The first-order valence-electron chi connectivity index (χ1n) is 45.6. The van der Waals surface area contributed by atoms with Crippen LogP contribution in [0.15, 0.2) is 285 Å². The molecule has 6 heterocycles. The second-order valence-electron chi connectivity index (χ2n) is 33.4. The fraction of sp³-hybridized carbons (Fsp3) is 0.165. The molecule has 6 aliphatic rings. The van der Waals surface area contributed by atoms with Crippen molar-refractivity contribution in [1.82, 2.24) is 0 Å². The fourth-order valence-corrected chi connectivity index (χ4v) is 13.7. The summed E-state index contributed by atoms with van der Waals surface area (Å²) in [6.45, 7) is 16.2. The van der Waals surface area contributed by atoms with E-state index in [9.17, 15) is 28.8 Å². The van der Waals surface area contributed by atoms with E-state index in [1.54, 1.807) is 12.1 Å². The molecule has 0 aliphatic carbocycles. The maximum absolute atomic E-state index is 12.2. The van der Waals surface area contributed by atoms with Gasteiger partial charge in [-0.05, 0) is 252 Å². The van der Waals surface area contributed by atoms with Crippen molar-refractivity contribution in [1.29, 1.82) is 0 Å². The monoisotopic (exact) mass is 1880 g/mol. The number of amides is 6. The average Bonchev–Trinajstić information content (AvgIpc) is 1.73. The lowest BCUT2D eigenvalue weighted by Crippen LogP contribution is -2.27. The molecule has 25 heteroatoms. The minimum atomic E-state index is -0.516. The first kappa shape index (κ1) is 98.5.